The molecule has 0 saturated carbocycles. The second kappa shape index (κ2) is 4.62. The number of anilines is 1. The Bertz CT molecular complexity index is 530. The maximum absolute atomic E-state index is 11.9. The predicted octanol–water partition coefficient (Wildman–Crippen LogP) is 1.88. The quantitative estimate of drug-likeness (QED) is 0.904. The third-order valence-corrected chi connectivity index (χ3v) is 2.84. The lowest BCUT2D eigenvalue weighted by atomic mass is 10.3. The van der Waals surface area contributed by atoms with Crippen molar-refractivity contribution < 1.29 is 4.79 Å². The largest absolute Gasteiger partial charge is 0.289 e. The molecule has 0 spiro atoms. The van der Waals surface area contributed by atoms with E-state index in [4.69, 9.17) is 0 Å². The van der Waals surface area contributed by atoms with Crippen molar-refractivity contribution in [3.8, 4) is 0 Å². The molecule has 6 nitrogen and oxygen atoms in total. The summed E-state index contributed by atoms with van der Waals surface area (Å²) in [5.41, 5.74) is 0.408. The summed E-state index contributed by atoms with van der Waals surface area (Å²) in [4.78, 5) is 16.9. The number of nitrogens with one attached hydrogen (secondary N) is 1. The van der Waals surface area contributed by atoms with Gasteiger partial charge in [0.2, 0.25) is 5.95 Å². The average molecular weight is 251 g/mol. The van der Waals surface area contributed by atoms with Crippen molar-refractivity contribution in [1.29, 1.82) is 0 Å². The van der Waals surface area contributed by atoms with Crippen molar-refractivity contribution in [2.75, 3.05) is 5.32 Å². The summed E-state index contributed by atoms with van der Waals surface area (Å²) in [6, 6.07) is 1.89. The van der Waals surface area contributed by atoms with E-state index >= 15 is 0 Å². The van der Waals surface area contributed by atoms with Gasteiger partial charge >= 0.3 is 0 Å². The van der Waals surface area contributed by atoms with Crippen LogP contribution in [0.4, 0.5) is 5.95 Å². The van der Waals surface area contributed by atoms with Gasteiger partial charge in [-0.15, -0.1) is 0 Å². The second-order valence-electron chi connectivity index (χ2n) is 3.90. The molecule has 0 fully saturated rings. The van der Waals surface area contributed by atoms with Crippen LogP contribution in [0.1, 0.15) is 35.3 Å². The number of nitrogens with zero attached hydrogens (tertiary/aromatic N) is 4. The first kappa shape index (κ1) is 11.7. The molecule has 1 amide bonds. The second-order valence-corrected chi connectivity index (χ2v) is 4.91. The Kier molecular flexibility index (Phi) is 3.19. The molecule has 0 aliphatic heterocycles. The van der Waals surface area contributed by atoms with E-state index in [1.807, 2.05) is 20.8 Å². The molecular weight excluding hydrogens is 238 g/mol. The molecule has 2 rings (SSSR count). The minimum atomic E-state index is -0.260. The van der Waals surface area contributed by atoms with Crippen LogP contribution in [-0.2, 0) is 0 Å². The van der Waals surface area contributed by atoms with Gasteiger partial charge in [-0.25, -0.2) is 4.68 Å². The highest BCUT2D eigenvalue weighted by atomic mass is 32.1. The van der Waals surface area contributed by atoms with Crippen LogP contribution in [0.5, 0.6) is 0 Å². The van der Waals surface area contributed by atoms with E-state index in [1.165, 1.54) is 17.9 Å². The number of aromatic nitrogens is 4. The number of amides is 1. The van der Waals surface area contributed by atoms with E-state index in [2.05, 4.69) is 19.8 Å². The lowest BCUT2D eigenvalue weighted by Gasteiger charge is -2.08. The van der Waals surface area contributed by atoms with Crippen LogP contribution in [-0.4, -0.2) is 25.0 Å². The minimum absolute atomic E-state index is 0.143. The molecular formula is C10H13N5OS. The molecule has 2 aromatic heterocycles. The molecule has 0 radical (unpaired) electrons. The minimum Gasteiger partial charge on any atom is -0.289 e. The van der Waals surface area contributed by atoms with E-state index in [0.29, 0.717) is 11.6 Å². The summed E-state index contributed by atoms with van der Waals surface area (Å²) in [5.74, 6) is 0.180. The topological polar surface area (TPSA) is 72.7 Å². The maximum atomic E-state index is 11.9. The highest BCUT2D eigenvalue weighted by Gasteiger charge is 2.14. The van der Waals surface area contributed by atoms with Crippen LogP contribution in [0.15, 0.2) is 12.4 Å². The van der Waals surface area contributed by atoms with Crippen LogP contribution < -0.4 is 5.32 Å². The highest BCUT2D eigenvalue weighted by Crippen LogP contribution is 2.13. The summed E-state index contributed by atoms with van der Waals surface area (Å²) in [6.07, 6.45) is 1.42. The Labute approximate surface area is 103 Å². The van der Waals surface area contributed by atoms with Gasteiger partial charge in [-0.1, -0.05) is 0 Å². The number of carbonyl (C=O) groups is 1. The Balaban J connectivity index is 2.16. The number of rotatable bonds is 3. The normalized spacial score (nSPS) is 10.8. The zero-order valence-electron chi connectivity index (χ0n) is 9.84. The predicted molar refractivity (Wildman–Crippen MR) is 65.2 cm³/mol. The molecule has 7 heteroatoms. The Morgan fingerprint density at radius 2 is 2.29 bits per heavy atom. The fourth-order valence-electron chi connectivity index (χ4n) is 1.36. The molecule has 0 aliphatic rings. The fraction of sp³-hybridized carbons (Fsp3) is 0.400. The smallest absolute Gasteiger partial charge is 0.277 e. The summed E-state index contributed by atoms with van der Waals surface area (Å²) in [6.45, 7) is 5.85. The van der Waals surface area contributed by atoms with Gasteiger partial charge in [0, 0.05) is 4.88 Å². The standard InChI is InChI=1S/C10H13N5OS/c1-6(2)15-10(11-5-12-15)13-9(16)8-4-7(3)17-14-8/h4-6H,1-3H3,(H,11,12,13,16). The summed E-state index contributed by atoms with van der Waals surface area (Å²) in [7, 11) is 0. The van der Waals surface area contributed by atoms with Crippen molar-refractivity contribution in [3.63, 3.8) is 0 Å². The van der Waals surface area contributed by atoms with Gasteiger partial charge in [-0.2, -0.15) is 14.5 Å². The van der Waals surface area contributed by atoms with Crippen molar-refractivity contribution in [2.24, 2.45) is 0 Å². The number of hydrogen-bond acceptors (Lipinski definition) is 5. The molecule has 0 bridgehead atoms. The van der Waals surface area contributed by atoms with Gasteiger partial charge in [0.25, 0.3) is 5.91 Å². The summed E-state index contributed by atoms with van der Waals surface area (Å²) < 4.78 is 5.69. The zero-order valence-corrected chi connectivity index (χ0v) is 10.7. The number of aryl methyl sites for hydroxylation is 1. The van der Waals surface area contributed by atoms with E-state index in [0.717, 1.165) is 4.88 Å². The van der Waals surface area contributed by atoms with Gasteiger partial charge in [-0.3, -0.25) is 10.1 Å². The number of carbonyl (C=O) groups excluding carboxylic acids is 1. The first-order chi connectivity index (χ1) is 8.08. The van der Waals surface area contributed by atoms with Crippen molar-refractivity contribution >= 4 is 23.4 Å². The van der Waals surface area contributed by atoms with Gasteiger partial charge < -0.3 is 0 Å². The van der Waals surface area contributed by atoms with Crippen LogP contribution >= 0.6 is 11.5 Å². The average Bonchev–Trinajstić information content (AvgIpc) is 2.86. The first-order valence-corrected chi connectivity index (χ1v) is 5.99. The Hall–Kier alpha value is -1.76. The highest BCUT2D eigenvalue weighted by molar-refractivity contribution is 7.05. The monoisotopic (exact) mass is 251 g/mol. The fourth-order valence-corrected chi connectivity index (χ4v) is 1.90. The maximum Gasteiger partial charge on any atom is 0.277 e. The van der Waals surface area contributed by atoms with Crippen LogP contribution in [0.2, 0.25) is 0 Å². The molecule has 90 valence electrons. The van der Waals surface area contributed by atoms with Gasteiger partial charge in [-0.05, 0) is 38.4 Å². The van der Waals surface area contributed by atoms with Gasteiger partial charge in [0.15, 0.2) is 0 Å². The number of hydrogen-bond donors (Lipinski definition) is 1. The van der Waals surface area contributed by atoms with Crippen LogP contribution in [0, 0.1) is 6.92 Å². The van der Waals surface area contributed by atoms with Crippen molar-refractivity contribution in [3.05, 3.63) is 23.0 Å². The SMILES string of the molecule is Cc1cc(C(=O)Nc2ncnn2C(C)C)ns1. The molecule has 1 N–H and O–H groups in total. The molecule has 2 aromatic rings. The third kappa shape index (κ3) is 2.50. The summed E-state index contributed by atoms with van der Waals surface area (Å²) >= 11 is 1.30. The van der Waals surface area contributed by atoms with Crippen molar-refractivity contribution in [2.45, 2.75) is 26.8 Å². The summed E-state index contributed by atoms with van der Waals surface area (Å²) in [5, 5.41) is 6.74. The van der Waals surface area contributed by atoms with Crippen LogP contribution in [0.3, 0.4) is 0 Å². The van der Waals surface area contributed by atoms with E-state index in [9.17, 15) is 4.79 Å². The molecule has 0 aliphatic carbocycles. The molecule has 0 atom stereocenters. The lowest BCUT2D eigenvalue weighted by molar-refractivity contribution is 0.102. The molecule has 0 unspecified atom stereocenters. The Morgan fingerprint density at radius 3 is 2.88 bits per heavy atom. The first-order valence-electron chi connectivity index (χ1n) is 5.22. The zero-order chi connectivity index (χ0) is 12.4. The van der Waals surface area contributed by atoms with E-state index in [1.54, 1.807) is 10.7 Å². The Morgan fingerprint density at radius 1 is 1.53 bits per heavy atom. The lowest BCUT2D eigenvalue weighted by Crippen LogP contribution is -2.17. The molecule has 0 saturated heterocycles. The molecule has 0 aromatic carbocycles. The molecule has 2 heterocycles. The van der Waals surface area contributed by atoms with E-state index in [-0.39, 0.29) is 11.9 Å². The molecule has 17 heavy (non-hydrogen) atoms. The van der Waals surface area contributed by atoms with Crippen molar-refractivity contribution in [1.82, 2.24) is 19.1 Å². The van der Waals surface area contributed by atoms with E-state index < -0.39 is 0 Å². The third-order valence-electron chi connectivity index (χ3n) is 2.15. The van der Waals surface area contributed by atoms with Gasteiger partial charge in [0.05, 0.1) is 6.04 Å². The van der Waals surface area contributed by atoms with Crippen LogP contribution in [0.25, 0.3) is 0 Å². The van der Waals surface area contributed by atoms with Gasteiger partial charge in [0.1, 0.15) is 12.0 Å².